The maximum atomic E-state index is 13.0. The fourth-order valence-corrected chi connectivity index (χ4v) is 4.02. The maximum absolute atomic E-state index is 13.0. The van der Waals surface area contributed by atoms with Gasteiger partial charge in [0, 0.05) is 16.5 Å². The first-order chi connectivity index (χ1) is 19.1. The highest BCUT2D eigenvalue weighted by Gasteiger charge is 2.21. The Morgan fingerprint density at radius 3 is 2.23 bits per heavy atom. The highest BCUT2D eigenvalue weighted by Crippen LogP contribution is 2.27. The van der Waals surface area contributed by atoms with E-state index in [0.717, 1.165) is 5.39 Å². The number of nitrogens with two attached hydrogens (primary N) is 1. The van der Waals surface area contributed by atoms with E-state index in [1.165, 1.54) is 0 Å². The van der Waals surface area contributed by atoms with Gasteiger partial charge in [0.25, 0.3) is 11.8 Å². The van der Waals surface area contributed by atoms with Crippen molar-refractivity contribution in [3.8, 4) is 11.5 Å². The summed E-state index contributed by atoms with van der Waals surface area (Å²) in [6.45, 7) is 0.676. The van der Waals surface area contributed by atoms with E-state index in [-0.39, 0.29) is 37.3 Å². The quantitative estimate of drug-likeness (QED) is 0.161. The van der Waals surface area contributed by atoms with Gasteiger partial charge >= 0.3 is 0 Å². The number of ether oxygens (including phenoxy) is 2. The normalized spacial score (nSPS) is 10.7. The van der Waals surface area contributed by atoms with Crippen LogP contribution in [0.2, 0.25) is 0 Å². The molecule has 0 unspecified atom stereocenters. The highest BCUT2D eigenvalue weighted by atomic mass is 16.5. The third-order valence-corrected chi connectivity index (χ3v) is 6.01. The summed E-state index contributed by atoms with van der Waals surface area (Å²) >= 11 is 0. The fourth-order valence-electron chi connectivity index (χ4n) is 4.02. The molecule has 0 atom stereocenters. The lowest BCUT2D eigenvalue weighted by atomic mass is 10.1. The maximum Gasteiger partial charge on any atom is 0.287 e. The van der Waals surface area contributed by atoms with Gasteiger partial charge < -0.3 is 30.3 Å². The minimum Gasteiger partial charge on any atom is -0.492 e. The van der Waals surface area contributed by atoms with Crippen molar-refractivity contribution in [2.75, 3.05) is 24.2 Å². The van der Waals surface area contributed by atoms with E-state index >= 15 is 0 Å². The monoisotopic (exact) mass is 521 g/mol. The van der Waals surface area contributed by atoms with Crippen molar-refractivity contribution < 1.29 is 23.5 Å². The highest BCUT2D eigenvalue weighted by molar-refractivity contribution is 6.05. The van der Waals surface area contributed by atoms with Gasteiger partial charge in [-0.1, -0.05) is 48.5 Å². The van der Waals surface area contributed by atoms with Gasteiger partial charge in [0.1, 0.15) is 30.3 Å². The van der Waals surface area contributed by atoms with Crippen molar-refractivity contribution in [2.45, 2.75) is 6.61 Å². The molecule has 8 heteroatoms. The van der Waals surface area contributed by atoms with Gasteiger partial charge in [-0.05, 0) is 54.6 Å². The predicted molar refractivity (Wildman–Crippen MR) is 150 cm³/mol. The van der Waals surface area contributed by atoms with Crippen molar-refractivity contribution in [1.82, 2.24) is 5.32 Å². The number of fused-ring (bicyclic) bond motifs is 1. The molecule has 0 aliphatic rings. The van der Waals surface area contributed by atoms with E-state index in [4.69, 9.17) is 19.6 Å². The number of hydrogen-bond donors (Lipinski definition) is 3. The summed E-state index contributed by atoms with van der Waals surface area (Å²) in [7, 11) is 0. The van der Waals surface area contributed by atoms with Crippen LogP contribution in [0.5, 0.6) is 11.5 Å². The first kappa shape index (κ1) is 25.4. The van der Waals surface area contributed by atoms with E-state index in [0.29, 0.717) is 39.6 Å². The number of anilines is 2. The van der Waals surface area contributed by atoms with Gasteiger partial charge in [-0.3, -0.25) is 9.59 Å². The minimum absolute atomic E-state index is 0.192. The molecule has 8 nitrogen and oxygen atoms in total. The Bertz CT molecular complexity index is 1580. The number of carbonyl (C=O) groups excluding carboxylic acids is 2. The Morgan fingerprint density at radius 1 is 0.744 bits per heavy atom. The summed E-state index contributed by atoms with van der Waals surface area (Å²) in [5.41, 5.74) is 8.69. The second-order valence-electron chi connectivity index (χ2n) is 8.68. The molecule has 5 rings (SSSR count). The van der Waals surface area contributed by atoms with Gasteiger partial charge in [0.15, 0.2) is 5.76 Å². The zero-order valence-electron chi connectivity index (χ0n) is 21.1. The molecular weight excluding hydrogens is 494 g/mol. The van der Waals surface area contributed by atoms with Gasteiger partial charge in [0.05, 0.1) is 17.9 Å². The van der Waals surface area contributed by atoms with Crippen LogP contribution in [0.25, 0.3) is 11.0 Å². The largest absolute Gasteiger partial charge is 0.492 e. The molecule has 0 bridgehead atoms. The molecular formula is C31H27N3O5. The summed E-state index contributed by atoms with van der Waals surface area (Å²) in [4.78, 5) is 25.5. The molecule has 0 fully saturated rings. The molecule has 0 saturated carbocycles. The lowest BCUT2D eigenvalue weighted by molar-refractivity contribution is 0.0917. The van der Waals surface area contributed by atoms with Gasteiger partial charge in [0.2, 0.25) is 0 Å². The van der Waals surface area contributed by atoms with Crippen molar-refractivity contribution in [1.29, 1.82) is 0 Å². The summed E-state index contributed by atoms with van der Waals surface area (Å²) in [6, 6.07) is 30.7. The van der Waals surface area contributed by atoms with Crippen LogP contribution in [-0.2, 0) is 6.61 Å². The summed E-state index contributed by atoms with van der Waals surface area (Å²) < 4.78 is 17.5. The molecule has 0 aliphatic carbocycles. The molecule has 196 valence electrons. The predicted octanol–water partition coefficient (Wildman–Crippen LogP) is 5.66. The van der Waals surface area contributed by atoms with Crippen LogP contribution in [0.15, 0.2) is 108 Å². The van der Waals surface area contributed by atoms with E-state index in [1.54, 1.807) is 48.5 Å². The molecule has 0 spiro atoms. The van der Waals surface area contributed by atoms with Crippen molar-refractivity contribution in [3.05, 3.63) is 120 Å². The van der Waals surface area contributed by atoms with Crippen LogP contribution in [-0.4, -0.2) is 25.0 Å². The Kier molecular flexibility index (Phi) is 7.73. The van der Waals surface area contributed by atoms with E-state index < -0.39 is 0 Å². The average molecular weight is 522 g/mol. The number of amides is 2. The van der Waals surface area contributed by atoms with Crippen molar-refractivity contribution in [2.24, 2.45) is 0 Å². The number of hydrogen-bond acceptors (Lipinski definition) is 6. The molecule has 1 aromatic heterocycles. The van der Waals surface area contributed by atoms with E-state index in [2.05, 4.69) is 10.6 Å². The summed E-state index contributed by atoms with van der Waals surface area (Å²) in [6.07, 6.45) is 0. The standard InChI is InChI=1S/C31H27N3O5/c32-26-11-5-6-12-27(26)34-30(35)21-14-16-23(17-15-21)37-19-18-33-31(36)29-25(20-38-22-8-2-1-3-9-22)24-10-4-7-13-28(24)39-29/h1-17H,18-20,32H2,(H,33,36)(H,34,35). The van der Waals surface area contributed by atoms with E-state index in [1.807, 2.05) is 54.6 Å². The number of furan rings is 1. The van der Waals surface area contributed by atoms with Crippen LogP contribution in [0.3, 0.4) is 0 Å². The first-order valence-corrected chi connectivity index (χ1v) is 12.4. The lowest BCUT2D eigenvalue weighted by Gasteiger charge is -2.10. The smallest absolute Gasteiger partial charge is 0.287 e. The minimum atomic E-state index is -0.353. The molecule has 5 aromatic rings. The fraction of sp³-hybridized carbons (Fsp3) is 0.0968. The summed E-state index contributed by atoms with van der Waals surface area (Å²) in [5, 5.41) is 6.46. The molecule has 1 heterocycles. The van der Waals surface area contributed by atoms with Crippen LogP contribution in [0, 0.1) is 0 Å². The molecule has 39 heavy (non-hydrogen) atoms. The number of rotatable bonds is 10. The topological polar surface area (TPSA) is 116 Å². The van der Waals surface area contributed by atoms with Crippen LogP contribution in [0.4, 0.5) is 11.4 Å². The lowest BCUT2D eigenvalue weighted by Crippen LogP contribution is -2.28. The molecule has 4 aromatic carbocycles. The first-order valence-electron chi connectivity index (χ1n) is 12.4. The Morgan fingerprint density at radius 2 is 1.44 bits per heavy atom. The Labute approximate surface area is 225 Å². The van der Waals surface area contributed by atoms with Crippen LogP contribution >= 0.6 is 0 Å². The number of carbonyl (C=O) groups is 2. The number of benzene rings is 4. The third kappa shape index (κ3) is 6.19. The van der Waals surface area contributed by atoms with E-state index in [9.17, 15) is 9.59 Å². The average Bonchev–Trinajstić information content (AvgIpc) is 3.35. The van der Waals surface area contributed by atoms with Crippen molar-refractivity contribution in [3.63, 3.8) is 0 Å². The molecule has 0 radical (unpaired) electrons. The SMILES string of the molecule is Nc1ccccc1NC(=O)c1ccc(OCCNC(=O)c2oc3ccccc3c2COc2ccccc2)cc1. The zero-order valence-corrected chi connectivity index (χ0v) is 21.1. The molecule has 2 amide bonds. The number of nitrogens with one attached hydrogen (secondary N) is 2. The number of para-hydroxylation sites is 4. The molecule has 0 aliphatic heterocycles. The third-order valence-electron chi connectivity index (χ3n) is 6.01. The number of nitrogen functional groups attached to an aromatic ring is 1. The van der Waals surface area contributed by atoms with Gasteiger partial charge in [-0.2, -0.15) is 0 Å². The van der Waals surface area contributed by atoms with Gasteiger partial charge in [-0.15, -0.1) is 0 Å². The Balaban J connectivity index is 1.15. The zero-order chi connectivity index (χ0) is 27.0. The second kappa shape index (κ2) is 11.9. The molecule has 0 saturated heterocycles. The summed E-state index contributed by atoms with van der Waals surface area (Å²) in [5.74, 6) is 0.857. The molecule has 4 N–H and O–H groups in total. The van der Waals surface area contributed by atoms with Gasteiger partial charge in [-0.25, -0.2) is 0 Å². The van der Waals surface area contributed by atoms with Crippen LogP contribution < -0.4 is 25.8 Å². The Hall–Kier alpha value is -5.24. The van der Waals surface area contributed by atoms with Crippen molar-refractivity contribution >= 4 is 34.2 Å². The second-order valence-corrected chi connectivity index (χ2v) is 8.68. The van der Waals surface area contributed by atoms with Crippen LogP contribution in [0.1, 0.15) is 26.5 Å².